The first-order valence-corrected chi connectivity index (χ1v) is 11.1. The van der Waals surface area contributed by atoms with Gasteiger partial charge in [-0.2, -0.15) is 4.98 Å². The van der Waals surface area contributed by atoms with Gasteiger partial charge in [0.15, 0.2) is 0 Å². The summed E-state index contributed by atoms with van der Waals surface area (Å²) in [6.07, 6.45) is 3.32. The van der Waals surface area contributed by atoms with Crippen LogP contribution in [0.1, 0.15) is 17.9 Å². The molecule has 0 bridgehead atoms. The van der Waals surface area contributed by atoms with Crippen LogP contribution in [-0.2, 0) is 17.8 Å². The molecule has 1 N–H and O–H groups in total. The number of rotatable bonds is 6. The fourth-order valence-corrected chi connectivity index (χ4v) is 4.56. The Morgan fingerprint density at radius 1 is 1.13 bits per heavy atom. The van der Waals surface area contributed by atoms with E-state index in [9.17, 15) is 4.79 Å². The third-order valence-corrected chi connectivity index (χ3v) is 6.44. The lowest BCUT2D eigenvalue weighted by Crippen LogP contribution is -2.48. The van der Waals surface area contributed by atoms with Gasteiger partial charge in [-0.25, -0.2) is 0 Å². The Hall–Kier alpha value is -2.97. The summed E-state index contributed by atoms with van der Waals surface area (Å²) in [5.41, 5.74) is 2.33. The van der Waals surface area contributed by atoms with E-state index in [0.29, 0.717) is 24.7 Å². The molecular formula is C22H23N5O2S. The Bertz CT molecular complexity index is 1130. The van der Waals surface area contributed by atoms with E-state index < -0.39 is 0 Å². The van der Waals surface area contributed by atoms with Gasteiger partial charge >= 0.3 is 0 Å². The third-order valence-electron chi connectivity index (χ3n) is 5.58. The molecule has 5 rings (SSSR count). The highest BCUT2D eigenvalue weighted by atomic mass is 32.1. The van der Waals surface area contributed by atoms with Gasteiger partial charge in [0.05, 0.1) is 11.4 Å². The van der Waals surface area contributed by atoms with Crippen molar-refractivity contribution in [3.63, 3.8) is 0 Å². The van der Waals surface area contributed by atoms with Crippen LogP contribution in [0.3, 0.4) is 0 Å². The highest BCUT2D eigenvalue weighted by Gasteiger charge is 2.23. The van der Waals surface area contributed by atoms with Crippen molar-refractivity contribution in [2.45, 2.75) is 19.4 Å². The summed E-state index contributed by atoms with van der Waals surface area (Å²) in [6, 6.07) is 12.2. The van der Waals surface area contributed by atoms with Crippen molar-refractivity contribution in [3.8, 4) is 10.7 Å². The zero-order chi connectivity index (χ0) is 20.3. The first-order chi connectivity index (χ1) is 14.8. The minimum Gasteiger partial charge on any atom is -0.361 e. The minimum atomic E-state index is 0.220. The number of thiophene rings is 1. The molecule has 30 heavy (non-hydrogen) atoms. The van der Waals surface area contributed by atoms with Gasteiger partial charge in [0, 0.05) is 49.7 Å². The lowest BCUT2D eigenvalue weighted by Gasteiger charge is -2.34. The second-order valence-corrected chi connectivity index (χ2v) is 8.45. The molecule has 1 aliphatic heterocycles. The lowest BCUT2D eigenvalue weighted by molar-refractivity contribution is -0.133. The molecule has 154 valence electrons. The highest BCUT2D eigenvalue weighted by molar-refractivity contribution is 7.13. The molecule has 1 fully saturated rings. The molecule has 7 nitrogen and oxygen atoms in total. The molecule has 1 aromatic carbocycles. The van der Waals surface area contributed by atoms with Gasteiger partial charge in [-0.15, -0.1) is 11.3 Å². The Kier molecular flexibility index (Phi) is 5.33. The Labute approximate surface area is 178 Å². The molecule has 1 amide bonds. The van der Waals surface area contributed by atoms with E-state index in [0.717, 1.165) is 43.0 Å². The molecule has 8 heteroatoms. The van der Waals surface area contributed by atoms with Crippen molar-refractivity contribution in [3.05, 3.63) is 59.4 Å². The number of piperazine rings is 1. The van der Waals surface area contributed by atoms with Crippen molar-refractivity contribution in [1.82, 2.24) is 24.9 Å². The van der Waals surface area contributed by atoms with Crippen LogP contribution >= 0.6 is 11.3 Å². The molecule has 0 spiro atoms. The minimum absolute atomic E-state index is 0.220. The van der Waals surface area contributed by atoms with E-state index in [4.69, 9.17) is 4.52 Å². The summed E-state index contributed by atoms with van der Waals surface area (Å²) < 4.78 is 5.40. The predicted molar refractivity (Wildman–Crippen MR) is 116 cm³/mol. The number of hydrogen-bond acceptors (Lipinski definition) is 6. The Morgan fingerprint density at radius 2 is 2.00 bits per heavy atom. The average Bonchev–Trinajstić information content (AvgIpc) is 3.53. The molecule has 4 aromatic rings. The number of aromatic amines is 1. The van der Waals surface area contributed by atoms with Crippen LogP contribution in [-0.4, -0.2) is 57.0 Å². The van der Waals surface area contributed by atoms with Crippen LogP contribution < -0.4 is 0 Å². The highest BCUT2D eigenvalue weighted by Crippen LogP contribution is 2.22. The van der Waals surface area contributed by atoms with Crippen LogP contribution in [0.15, 0.2) is 52.5 Å². The van der Waals surface area contributed by atoms with Gasteiger partial charge in [-0.05, 0) is 29.5 Å². The van der Waals surface area contributed by atoms with E-state index in [1.807, 2.05) is 40.7 Å². The normalized spacial score (nSPS) is 15.1. The number of carbonyl (C=O) groups is 1. The van der Waals surface area contributed by atoms with Crippen molar-refractivity contribution in [2.24, 2.45) is 0 Å². The van der Waals surface area contributed by atoms with E-state index in [1.54, 1.807) is 11.3 Å². The summed E-state index contributed by atoms with van der Waals surface area (Å²) in [6.45, 7) is 3.72. The fraction of sp³-hybridized carbons (Fsp3) is 0.318. The van der Waals surface area contributed by atoms with Gasteiger partial charge in [0.2, 0.25) is 17.6 Å². The Morgan fingerprint density at radius 3 is 2.83 bits per heavy atom. The molecule has 3 aromatic heterocycles. The summed E-state index contributed by atoms with van der Waals surface area (Å²) in [5, 5.41) is 7.27. The average molecular weight is 422 g/mol. The Balaban J connectivity index is 1.11. The molecule has 1 saturated heterocycles. The fourth-order valence-electron chi connectivity index (χ4n) is 3.91. The van der Waals surface area contributed by atoms with Crippen LogP contribution in [0.25, 0.3) is 21.6 Å². The maximum atomic E-state index is 12.7. The van der Waals surface area contributed by atoms with Crippen molar-refractivity contribution in [1.29, 1.82) is 0 Å². The SMILES string of the molecule is O=C(CCc1c[nH]c2ccccc12)N1CCN(Cc2nc(-c3cccs3)no2)CC1. The van der Waals surface area contributed by atoms with Gasteiger partial charge in [0.1, 0.15) is 0 Å². The van der Waals surface area contributed by atoms with Crippen LogP contribution in [0.4, 0.5) is 0 Å². The largest absolute Gasteiger partial charge is 0.361 e. The van der Waals surface area contributed by atoms with Crippen molar-refractivity contribution in [2.75, 3.05) is 26.2 Å². The number of fused-ring (bicyclic) bond motifs is 1. The first kappa shape index (κ1) is 19.0. The van der Waals surface area contributed by atoms with Gasteiger partial charge < -0.3 is 14.4 Å². The van der Waals surface area contributed by atoms with Gasteiger partial charge in [0.25, 0.3) is 0 Å². The standard InChI is InChI=1S/C22H23N5O2S/c28-21(8-7-16-14-23-18-5-2-1-4-17(16)18)27-11-9-26(10-12-27)15-20-24-22(25-29-20)19-6-3-13-30-19/h1-6,13-14,23H,7-12,15H2. The number of hydrogen-bond donors (Lipinski definition) is 1. The number of aromatic nitrogens is 3. The van der Waals surface area contributed by atoms with E-state index >= 15 is 0 Å². The zero-order valence-corrected chi connectivity index (χ0v) is 17.4. The zero-order valence-electron chi connectivity index (χ0n) is 16.6. The summed E-state index contributed by atoms with van der Waals surface area (Å²) in [4.78, 5) is 25.7. The van der Waals surface area contributed by atoms with E-state index in [1.165, 1.54) is 10.9 Å². The number of H-pyrrole nitrogens is 1. The van der Waals surface area contributed by atoms with Crippen molar-refractivity contribution < 1.29 is 9.32 Å². The van der Waals surface area contributed by atoms with Crippen LogP contribution in [0.5, 0.6) is 0 Å². The maximum Gasteiger partial charge on any atom is 0.241 e. The molecule has 4 heterocycles. The smallest absolute Gasteiger partial charge is 0.241 e. The second kappa shape index (κ2) is 8.41. The maximum absolute atomic E-state index is 12.7. The number of aryl methyl sites for hydroxylation is 1. The number of para-hydroxylation sites is 1. The molecule has 1 aliphatic rings. The number of carbonyl (C=O) groups excluding carboxylic acids is 1. The topological polar surface area (TPSA) is 78.3 Å². The lowest BCUT2D eigenvalue weighted by atomic mass is 10.1. The van der Waals surface area contributed by atoms with Gasteiger partial charge in [-0.1, -0.05) is 29.4 Å². The monoisotopic (exact) mass is 421 g/mol. The van der Waals surface area contributed by atoms with Crippen molar-refractivity contribution >= 4 is 28.1 Å². The number of nitrogens with zero attached hydrogens (tertiary/aromatic N) is 4. The van der Waals surface area contributed by atoms with E-state index in [2.05, 4.69) is 32.2 Å². The molecule has 0 aliphatic carbocycles. The van der Waals surface area contributed by atoms with Gasteiger partial charge in [-0.3, -0.25) is 9.69 Å². The first-order valence-electron chi connectivity index (χ1n) is 10.2. The predicted octanol–water partition coefficient (Wildman–Crippen LogP) is 3.56. The summed E-state index contributed by atoms with van der Waals surface area (Å²) >= 11 is 1.60. The van der Waals surface area contributed by atoms with Crippen LogP contribution in [0, 0.1) is 0 Å². The van der Waals surface area contributed by atoms with E-state index in [-0.39, 0.29) is 5.91 Å². The number of amides is 1. The molecule has 0 unspecified atom stereocenters. The second-order valence-electron chi connectivity index (χ2n) is 7.51. The quantitative estimate of drug-likeness (QED) is 0.515. The number of nitrogens with one attached hydrogen (secondary N) is 1. The molecule has 0 atom stereocenters. The summed E-state index contributed by atoms with van der Waals surface area (Å²) in [5.74, 6) is 1.49. The number of benzene rings is 1. The molecule has 0 saturated carbocycles. The molecular weight excluding hydrogens is 398 g/mol. The van der Waals surface area contributed by atoms with Crippen LogP contribution in [0.2, 0.25) is 0 Å². The molecule has 0 radical (unpaired) electrons. The summed E-state index contributed by atoms with van der Waals surface area (Å²) in [7, 11) is 0. The third kappa shape index (κ3) is 4.01.